The fourth-order valence-electron chi connectivity index (χ4n) is 3.30. The van der Waals surface area contributed by atoms with Crippen LogP contribution in [0.15, 0.2) is 12.3 Å². The van der Waals surface area contributed by atoms with Crippen molar-refractivity contribution in [3.05, 3.63) is 18.0 Å². The van der Waals surface area contributed by atoms with Gasteiger partial charge < -0.3 is 10.2 Å². The molecule has 0 spiro atoms. The van der Waals surface area contributed by atoms with Crippen LogP contribution in [0.5, 0.6) is 0 Å². The van der Waals surface area contributed by atoms with E-state index < -0.39 is 0 Å². The van der Waals surface area contributed by atoms with Crippen LogP contribution in [-0.2, 0) is 11.8 Å². The second-order valence-corrected chi connectivity index (χ2v) is 5.67. The van der Waals surface area contributed by atoms with Crippen LogP contribution in [-0.4, -0.2) is 46.8 Å². The molecule has 0 aromatic carbocycles. The number of hydrogen-bond acceptors (Lipinski definition) is 3. The predicted molar refractivity (Wildman–Crippen MR) is 72.7 cm³/mol. The van der Waals surface area contributed by atoms with Crippen LogP contribution in [0.1, 0.15) is 30.9 Å². The van der Waals surface area contributed by atoms with Gasteiger partial charge in [-0.25, -0.2) is 0 Å². The Labute approximate surface area is 114 Å². The average molecular weight is 262 g/mol. The molecular weight excluding hydrogens is 240 g/mol. The van der Waals surface area contributed by atoms with Gasteiger partial charge in [-0.3, -0.25) is 9.48 Å². The highest BCUT2D eigenvalue weighted by Gasteiger charge is 2.30. The van der Waals surface area contributed by atoms with E-state index in [1.165, 1.54) is 5.69 Å². The normalized spacial score (nSPS) is 24.9. The van der Waals surface area contributed by atoms with Crippen LogP contribution in [0.2, 0.25) is 0 Å². The third-order valence-corrected chi connectivity index (χ3v) is 4.49. The summed E-state index contributed by atoms with van der Waals surface area (Å²) >= 11 is 0. The first kappa shape index (κ1) is 12.7. The monoisotopic (exact) mass is 262 g/mol. The van der Waals surface area contributed by atoms with E-state index in [1.54, 1.807) is 0 Å². The van der Waals surface area contributed by atoms with Crippen molar-refractivity contribution in [3.8, 4) is 0 Å². The molecule has 104 valence electrons. The number of nitrogens with zero attached hydrogens (tertiary/aromatic N) is 3. The Kier molecular flexibility index (Phi) is 3.55. The molecule has 2 saturated heterocycles. The van der Waals surface area contributed by atoms with E-state index in [-0.39, 0.29) is 5.92 Å². The highest BCUT2D eigenvalue weighted by molar-refractivity contribution is 5.79. The summed E-state index contributed by atoms with van der Waals surface area (Å²) in [5, 5.41) is 7.51. The molecule has 3 heterocycles. The number of nitrogens with one attached hydrogen (secondary N) is 1. The number of piperidine rings is 1. The second kappa shape index (κ2) is 5.33. The van der Waals surface area contributed by atoms with E-state index in [0.29, 0.717) is 11.8 Å². The Balaban J connectivity index is 1.57. The molecule has 0 radical (unpaired) electrons. The largest absolute Gasteiger partial charge is 0.342 e. The first-order chi connectivity index (χ1) is 9.25. The maximum atomic E-state index is 12.3. The number of carbonyl (C=O) groups is 1. The van der Waals surface area contributed by atoms with E-state index in [1.807, 2.05) is 17.9 Å². The minimum atomic E-state index is 0.216. The number of hydrogen-bond donors (Lipinski definition) is 1. The summed E-state index contributed by atoms with van der Waals surface area (Å²) in [4.78, 5) is 14.4. The molecule has 1 N–H and O–H groups in total. The molecule has 19 heavy (non-hydrogen) atoms. The lowest BCUT2D eigenvalue weighted by molar-refractivity contribution is -0.136. The third-order valence-electron chi connectivity index (χ3n) is 4.49. The maximum Gasteiger partial charge on any atom is 0.227 e. The van der Waals surface area contributed by atoms with Crippen LogP contribution >= 0.6 is 0 Å². The fourth-order valence-corrected chi connectivity index (χ4v) is 3.30. The summed E-state index contributed by atoms with van der Waals surface area (Å²) in [5.41, 5.74) is 1.30. The van der Waals surface area contributed by atoms with Gasteiger partial charge in [-0.1, -0.05) is 0 Å². The summed E-state index contributed by atoms with van der Waals surface area (Å²) in [6.07, 6.45) is 4.98. The van der Waals surface area contributed by atoms with Crippen molar-refractivity contribution in [2.24, 2.45) is 13.0 Å². The molecule has 0 aliphatic carbocycles. The molecule has 2 aliphatic rings. The molecule has 1 unspecified atom stereocenters. The van der Waals surface area contributed by atoms with Gasteiger partial charge in [0.2, 0.25) is 5.91 Å². The molecule has 5 nitrogen and oxygen atoms in total. The topological polar surface area (TPSA) is 50.2 Å². The molecule has 1 aromatic rings. The van der Waals surface area contributed by atoms with Crippen molar-refractivity contribution in [1.29, 1.82) is 0 Å². The van der Waals surface area contributed by atoms with Gasteiger partial charge in [-0.05, 0) is 31.9 Å². The first-order valence-electron chi connectivity index (χ1n) is 7.23. The summed E-state index contributed by atoms with van der Waals surface area (Å²) in [5.74, 6) is 1.12. The molecule has 1 amide bonds. The molecule has 0 saturated carbocycles. The molecular formula is C14H22N4O. The van der Waals surface area contributed by atoms with Gasteiger partial charge in [0.05, 0.1) is 5.92 Å². The third kappa shape index (κ3) is 2.52. The fraction of sp³-hybridized carbons (Fsp3) is 0.714. The number of likely N-dealkylation sites (tertiary alicyclic amines) is 1. The molecule has 1 aromatic heterocycles. The molecule has 3 rings (SSSR count). The second-order valence-electron chi connectivity index (χ2n) is 5.67. The number of aromatic nitrogens is 2. The first-order valence-corrected chi connectivity index (χ1v) is 7.23. The quantitative estimate of drug-likeness (QED) is 0.855. The minimum absolute atomic E-state index is 0.216. The molecule has 5 heteroatoms. The number of aryl methyl sites for hydroxylation is 1. The minimum Gasteiger partial charge on any atom is -0.342 e. The van der Waals surface area contributed by atoms with Gasteiger partial charge in [-0.2, -0.15) is 5.10 Å². The van der Waals surface area contributed by atoms with E-state index in [4.69, 9.17) is 0 Å². The standard InChI is InChI=1S/C14H22N4O/c1-17-13(3-7-16-17)11-4-8-18(9-5-11)14(19)12-2-6-15-10-12/h3,7,11-12,15H,2,4-6,8-10H2,1H3. The zero-order chi connectivity index (χ0) is 13.2. The van der Waals surface area contributed by atoms with Crippen molar-refractivity contribution >= 4 is 5.91 Å². The summed E-state index contributed by atoms with van der Waals surface area (Å²) in [6, 6.07) is 2.10. The molecule has 2 aliphatic heterocycles. The van der Waals surface area contributed by atoms with Crippen LogP contribution in [0.3, 0.4) is 0 Å². The Hall–Kier alpha value is -1.36. The Morgan fingerprint density at radius 2 is 2.16 bits per heavy atom. The zero-order valence-corrected chi connectivity index (χ0v) is 11.5. The summed E-state index contributed by atoms with van der Waals surface area (Å²) in [6.45, 7) is 3.64. The van der Waals surface area contributed by atoms with Crippen LogP contribution in [0.4, 0.5) is 0 Å². The van der Waals surface area contributed by atoms with Crippen molar-refractivity contribution in [2.75, 3.05) is 26.2 Å². The Morgan fingerprint density at radius 1 is 1.37 bits per heavy atom. The number of carbonyl (C=O) groups excluding carboxylic acids is 1. The van der Waals surface area contributed by atoms with Gasteiger partial charge >= 0.3 is 0 Å². The lowest BCUT2D eigenvalue weighted by Crippen LogP contribution is -2.42. The van der Waals surface area contributed by atoms with E-state index >= 15 is 0 Å². The summed E-state index contributed by atoms with van der Waals surface area (Å²) in [7, 11) is 2.00. The van der Waals surface area contributed by atoms with E-state index in [2.05, 4.69) is 21.4 Å². The van der Waals surface area contributed by atoms with Crippen molar-refractivity contribution in [3.63, 3.8) is 0 Å². The number of amides is 1. The highest BCUT2D eigenvalue weighted by Crippen LogP contribution is 2.28. The van der Waals surface area contributed by atoms with Crippen molar-refractivity contribution in [1.82, 2.24) is 20.0 Å². The number of rotatable bonds is 2. The Bertz CT molecular complexity index is 442. The summed E-state index contributed by atoms with van der Waals surface area (Å²) < 4.78 is 1.96. The van der Waals surface area contributed by atoms with Crippen LogP contribution in [0, 0.1) is 5.92 Å². The Morgan fingerprint density at radius 3 is 2.74 bits per heavy atom. The molecule has 1 atom stereocenters. The van der Waals surface area contributed by atoms with Gasteiger partial charge in [0.1, 0.15) is 0 Å². The van der Waals surface area contributed by atoms with E-state index in [0.717, 1.165) is 45.4 Å². The van der Waals surface area contributed by atoms with E-state index in [9.17, 15) is 4.79 Å². The maximum absolute atomic E-state index is 12.3. The highest BCUT2D eigenvalue weighted by atomic mass is 16.2. The SMILES string of the molecule is Cn1nccc1C1CCN(C(=O)C2CCNC2)CC1. The molecule has 0 bridgehead atoms. The van der Waals surface area contributed by atoms with Crippen molar-refractivity contribution in [2.45, 2.75) is 25.2 Å². The lowest BCUT2D eigenvalue weighted by atomic mass is 9.92. The lowest BCUT2D eigenvalue weighted by Gasteiger charge is -2.33. The molecule has 2 fully saturated rings. The van der Waals surface area contributed by atoms with Gasteiger partial charge in [0.15, 0.2) is 0 Å². The predicted octanol–water partition coefficient (Wildman–Crippen LogP) is 0.736. The zero-order valence-electron chi connectivity index (χ0n) is 11.5. The van der Waals surface area contributed by atoms with Gasteiger partial charge in [-0.15, -0.1) is 0 Å². The van der Waals surface area contributed by atoms with Gasteiger partial charge in [0.25, 0.3) is 0 Å². The average Bonchev–Trinajstić information content (AvgIpc) is 3.09. The van der Waals surface area contributed by atoms with Crippen LogP contribution < -0.4 is 5.32 Å². The van der Waals surface area contributed by atoms with Gasteiger partial charge in [0, 0.05) is 44.5 Å². The smallest absolute Gasteiger partial charge is 0.227 e. The van der Waals surface area contributed by atoms with Crippen molar-refractivity contribution < 1.29 is 4.79 Å². The van der Waals surface area contributed by atoms with Crippen LogP contribution in [0.25, 0.3) is 0 Å².